The van der Waals surface area contributed by atoms with Gasteiger partial charge in [-0.1, -0.05) is 18.2 Å². The maximum atomic E-state index is 13.4. The molecule has 35 heavy (non-hydrogen) atoms. The van der Waals surface area contributed by atoms with Crippen LogP contribution in [-0.4, -0.2) is 70.3 Å². The maximum absolute atomic E-state index is 13.4. The second-order valence-electron chi connectivity index (χ2n) is 8.49. The van der Waals surface area contributed by atoms with Crippen LogP contribution in [-0.2, 0) is 16.1 Å². The molecule has 1 fully saturated rings. The number of nitrogens with one attached hydrogen (secondary N) is 3. The summed E-state index contributed by atoms with van der Waals surface area (Å²) in [6.45, 7) is 3.71. The summed E-state index contributed by atoms with van der Waals surface area (Å²) in [5.74, 6) is 0.0316. The molecule has 2 aliphatic heterocycles. The fourth-order valence-electron chi connectivity index (χ4n) is 4.41. The molecule has 4 heterocycles. The standard InChI is InChI=1S/C25H26N6O4/c1-16(32)27-21-13-17(7-8-26-21)23-24(28-18-5-3-2-4-6-18)22-19(29-23)14-31(15-20(22)33)25(34)30-9-11-35-12-10-30/h2-8,13,28-29H,9-12,14-15H2,1H3,(H,26,27,32). The molecule has 0 spiro atoms. The number of amides is 3. The van der Waals surface area contributed by atoms with Crippen molar-refractivity contribution in [3.05, 3.63) is 59.9 Å². The first-order valence-electron chi connectivity index (χ1n) is 11.5. The molecule has 0 bridgehead atoms. The number of pyridine rings is 1. The Balaban J connectivity index is 1.53. The van der Waals surface area contributed by atoms with Crippen LogP contribution in [0.4, 0.5) is 22.0 Å². The summed E-state index contributed by atoms with van der Waals surface area (Å²) in [4.78, 5) is 48.9. The number of Topliss-reactive ketones (excluding diaryl/α,β-unsaturated/α-hetero) is 1. The van der Waals surface area contributed by atoms with E-state index in [4.69, 9.17) is 4.74 Å². The Morgan fingerprint density at radius 3 is 2.57 bits per heavy atom. The first-order chi connectivity index (χ1) is 17.0. The van der Waals surface area contributed by atoms with Gasteiger partial charge in [0.1, 0.15) is 5.82 Å². The van der Waals surface area contributed by atoms with Crippen LogP contribution in [0.1, 0.15) is 23.0 Å². The van der Waals surface area contributed by atoms with Crippen molar-refractivity contribution in [2.45, 2.75) is 13.5 Å². The lowest BCUT2D eigenvalue weighted by atomic mass is 10.0. The van der Waals surface area contributed by atoms with Crippen molar-refractivity contribution in [3.8, 4) is 11.3 Å². The van der Waals surface area contributed by atoms with Gasteiger partial charge in [-0.25, -0.2) is 9.78 Å². The topological polar surface area (TPSA) is 120 Å². The van der Waals surface area contributed by atoms with E-state index in [1.54, 1.807) is 28.1 Å². The molecule has 3 amide bonds. The van der Waals surface area contributed by atoms with Gasteiger partial charge in [-0.3, -0.25) is 9.59 Å². The zero-order valence-electron chi connectivity index (χ0n) is 19.3. The smallest absolute Gasteiger partial charge is 0.320 e. The highest BCUT2D eigenvalue weighted by Crippen LogP contribution is 2.38. The lowest BCUT2D eigenvalue weighted by Gasteiger charge is -2.34. The van der Waals surface area contributed by atoms with Crippen molar-refractivity contribution in [1.29, 1.82) is 0 Å². The number of carbonyl (C=O) groups excluding carboxylic acids is 3. The van der Waals surface area contributed by atoms with Crippen LogP contribution in [0.25, 0.3) is 11.3 Å². The third-order valence-electron chi connectivity index (χ3n) is 5.99. The van der Waals surface area contributed by atoms with E-state index >= 15 is 0 Å². The van der Waals surface area contributed by atoms with Gasteiger partial charge in [-0.05, 0) is 24.3 Å². The van der Waals surface area contributed by atoms with Crippen LogP contribution in [0.3, 0.4) is 0 Å². The minimum absolute atomic E-state index is 0.00254. The quantitative estimate of drug-likeness (QED) is 0.534. The number of anilines is 3. The van der Waals surface area contributed by atoms with Crippen LogP contribution in [0.15, 0.2) is 48.7 Å². The van der Waals surface area contributed by atoms with Crippen LogP contribution < -0.4 is 10.6 Å². The largest absolute Gasteiger partial charge is 0.378 e. The number of ketones is 1. The molecule has 180 valence electrons. The van der Waals surface area contributed by atoms with Crippen molar-refractivity contribution in [2.24, 2.45) is 0 Å². The molecule has 0 radical (unpaired) electrons. The molecule has 2 aromatic heterocycles. The summed E-state index contributed by atoms with van der Waals surface area (Å²) in [6.07, 6.45) is 1.60. The number of carbonyl (C=O) groups is 3. The number of rotatable bonds is 4. The summed E-state index contributed by atoms with van der Waals surface area (Å²) >= 11 is 0. The third-order valence-corrected chi connectivity index (χ3v) is 5.99. The van der Waals surface area contributed by atoms with Gasteiger partial charge in [-0.15, -0.1) is 0 Å². The Kier molecular flexibility index (Phi) is 6.19. The molecule has 1 aromatic carbocycles. The number of H-pyrrole nitrogens is 1. The van der Waals surface area contributed by atoms with E-state index in [1.807, 2.05) is 30.3 Å². The number of benzene rings is 1. The molecule has 10 heteroatoms. The van der Waals surface area contributed by atoms with E-state index in [0.717, 1.165) is 11.3 Å². The lowest BCUT2D eigenvalue weighted by molar-refractivity contribution is -0.114. The minimum Gasteiger partial charge on any atom is -0.378 e. The molecule has 0 aliphatic carbocycles. The predicted molar refractivity (Wildman–Crippen MR) is 131 cm³/mol. The Morgan fingerprint density at radius 1 is 1.06 bits per heavy atom. The van der Waals surface area contributed by atoms with Crippen molar-refractivity contribution in [3.63, 3.8) is 0 Å². The molecule has 5 rings (SSSR count). The first-order valence-corrected chi connectivity index (χ1v) is 11.5. The van der Waals surface area contributed by atoms with Gasteiger partial charge in [0.05, 0.1) is 43.2 Å². The van der Waals surface area contributed by atoms with E-state index in [0.29, 0.717) is 54.8 Å². The molecular weight excluding hydrogens is 448 g/mol. The minimum atomic E-state index is -0.226. The molecule has 2 aliphatic rings. The molecule has 0 saturated carbocycles. The van der Waals surface area contributed by atoms with Gasteiger partial charge in [0.25, 0.3) is 0 Å². The van der Waals surface area contributed by atoms with Gasteiger partial charge in [0, 0.05) is 43.2 Å². The molecule has 1 saturated heterocycles. The highest BCUT2D eigenvalue weighted by Gasteiger charge is 2.34. The van der Waals surface area contributed by atoms with E-state index in [-0.39, 0.29) is 30.8 Å². The first kappa shape index (κ1) is 22.6. The molecule has 10 nitrogen and oxygen atoms in total. The number of aromatic amines is 1. The van der Waals surface area contributed by atoms with Crippen molar-refractivity contribution < 1.29 is 19.1 Å². The summed E-state index contributed by atoms with van der Waals surface area (Å²) in [6, 6.07) is 13.0. The van der Waals surface area contributed by atoms with Crippen molar-refractivity contribution in [1.82, 2.24) is 19.8 Å². The average Bonchev–Trinajstić information content (AvgIpc) is 3.23. The highest BCUT2D eigenvalue weighted by atomic mass is 16.5. The maximum Gasteiger partial charge on any atom is 0.320 e. The van der Waals surface area contributed by atoms with Crippen LogP contribution in [0.2, 0.25) is 0 Å². The zero-order valence-corrected chi connectivity index (χ0v) is 19.3. The lowest BCUT2D eigenvalue weighted by Crippen LogP contribution is -2.50. The van der Waals surface area contributed by atoms with Crippen molar-refractivity contribution in [2.75, 3.05) is 43.5 Å². The fourth-order valence-corrected chi connectivity index (χ4v) is 4.41. The van der Waals surface area contributed by atoms with Gasteiger partial charge < -0.3 is 30.2 Å². The number of ether oxygens (including phenoxy) is 1. The second kappa shape index (κ2) is 9.59. The van der Waals surface area contributed by atoms with Gasteiger partial charge in [0.15, 0.2) is 5.78 Å². The number of nitrogens with zero attached hydrogens (tertiary/aromatic N) is 3. The second-order valence-corrected chi connectivity index (χ2v) is 8.49. The molecule has 0 atom stereocenters. The summed E-state index contributed by atoms with van der Waals surface area (Å²) in [5, 5.41) is 6.08. The fraction of sp³-hybridized carbons (Fsp3) is 0.280. The molecular formula is C25H26N6O4. The van der Waals surface area contributed by atoms with Gasteiger partial charge >= 0.3 is 6.03 Å². The number of hydrogen-bond acceptors (Lipinski definition) is 6. The monoisotopic (exact) mass is 474 g/mol. The average molecular weight is 475 g/mol. The van der Waals surface area contributed by atoms with Crippen LogP contribution >= 0.6 is 0 Å². The van der Waals surface area contributed by atoms with Crippen molar-refractivity contribution >= 4 is 34.9 Å². The van der Waals surface area contributed by atoms with E-state index < -0.39 is 0 Å². The van der Waals surface area contributed by atoms with E-state index in [1.165, 1.54) is 6.92 Å². The molecule has 0 unspecified atom stereocenters. The molecule has 3 aromatic rings. The van der Waals surface area contributed by atoms with Gasteiger partial charge in [-0.2, -0.15) is 0 Å². The van der Waals surface area contributed by atoms with Crippen LogP contribution in [0, 0.1) is 0 Å². The molecule has 3 N–H and O–H groups in total. The Labute approximate surface area is 202 Å². The number of fused-ring (bicyclic) bond motifs is 1. The summed E-state index contributed by atoms with van der Waals surface area (Å²) < 4.78 is 5.35. The SMILES string of the molecule is CC(=O)Nc1cc(-c2[nH]c3c(c2Nc2ccccc2)C(=O)CN(C(=O)N2CCOCC2)C3)ccn1. The zero-order chi connectivity index (χ0) is 24.4. The Hall–Kier alpha value is -4.18. The number of morpholine rings is 1. The number of urea groups is 1. The van der Waals surface area contributed by atoms with E-state index in [9.17, 15) is 14.4 Å². The van der Waals surface area contributed by atoms with E-state index in [2.05, 4.69) is 20.6 Å². The number of para-hydroxylation sites is 1. The predicted octanol–water partition coefficient (Wildman–Crippen LogP) is 3.23. The normalized spacial score (nSPS) is 15.5. The summed E-state index contributed by atoms with van der Waals surface area (Å²) in [7, 11) is 0. The van der Waals surface area contributed by atoms with Crippen LogP contribution in [0.5, 0.6) is 0 Å². The Morgan fingerprint density at radius 2 is 1.83 bits per heavy atom. The number of hydrogen-bond donors (Lipinski definition) is 3. The Bertz CT molecular complexity index is 1270. The third kappa shape index (κ3) is 4.73. The summed E-state index contributed by atoms with van der Waals surface area (Å²) in [5.41, 5.74) is 4.08. The highest BCUT2D eigenvalue weighted by molar-refractivity contribution is 6.09. The number of aromatic nitrogens is 2. The van der Waals surface area contributed by atoms with Gasteiger partial charge in [0.2, 0.25) is 5.91 Å².